The molecule has 0 aliphatic carbocycles. The molecule has 6 heteroatoms. The Morgan fingerprint density at radius 2 is 1.35 bits per heavy atom. The number of aliphatic imine (C=N–C) groups is 3. The van der Waals surface area contributed by atoms with E-state index in [-0.39, 0.29) is 0 Å². The quantitative estimate of drug-likeness (QED) is 0.329. The van der Waals surface area contributed by atoms with Gasteiger partial charge < -0.3 is 0 Å². The van der Waals surface area contributed by atoms with Crippen LogP contribution in [0.4, 0.5) is 0 Å². The van der Waals surface area contributed by atoms with Crippen LogP contribution in [0.3, 0.4) is 0 Å². The van der Waals surface area contributed by atoms with Gasteiger partial charge in [-0.1, -0.05) is 19.3 Å². The summed E-state index contributed by atoms with van der Waals surface area (Å²) in [6, 6.07) is 0. The molecule has 0 radical (unpaired) electrons. The summed E-state index contributed by atoms with van der Waals surface area (Å²) < 4.78 is 0. The van der Waals surface area contributed by atoms with Gasteiger partial charge in [-0.15, -0.1) is 0 Å². The third-order valence-electron chi connectivity index (χ3n) is 2.20. The maximum atomic E-state index is 10.0. The van der Waals surface area contributed by atoms with Crippen LogP contribution in [0.15, 0.2) is 15.0 Å². The van der Waals surface area contributed by atoms with Gasteiger partial charge in [0.2, 0.25) is 18.2 Å². The first-order chi connectivity index (χ1) is 8.35. The van der Waals surface area contributed by atoms with Crippen LogP contribution >= 0.6 is 0 Å². The SMILES string of the molecule is O=C=NCCCCCCCC(N=C=O)N=C=O. The van der Waals surface area contributed by atoms with Crippen molar-refractivity contribution in [1.29, 1.82) is 0 Å². The zero-order valence-corrected chi connectivity index (χ0v) is 9.59. The molecule has 0 rings (SSSR count). The van der Waals surface area contributed by atoms with Crippen LogP contribution in [0.2, 0.25) is 0 Å². The van der Waals surface area contributed by atoms with Gasteiger partial charge in [0.05, 0.1) is 6.54 Å². The molecule has 0 unspecified atom stereocenters. The smallest absolute Gasteiger partial charge is 0.211 e. The van der Waals surface area contributed by atoms with Gasteiger partial charge in [0.15, 0.2) is 6.17 Å². The number of unbranched alkanes of at least 4 members (excludes halogenated alkanes) is 4. The van der Waals surface area contributed by atoms with Crippen molar-refractivity contribution in [3.05, 3.63) is 0 Å². The van der Waals surface area contributed by atoms with Crippen LogP contribution in [0.25, 0.3) is 0 Å². The molecule has 92 valence electrons. The highest BCUT2D eigenvalue weighted by molar-refractivity contribution is 5.36. The van der Waals surface area contributed by atoms with E-state index >= 15 is 0 Å². The standard InChI is InChI=1S/C11H15N3O3/c15-8-12-7-5-3-1-2-4-6-11(13-9-16)14-10-17/h11H,1-7H2. The third kappa shape index (κ3) is 10.4. The summed E-state index contributed by atoms with van der Waals surface area (Å²) in [5, 5.41) is 0. The summed E-state index contributed by atoms with van der Waals surface area (Å²) in [5.74, 6) is 0. The van der Waals surface area contributed by atoms with Crippen molar-refractivity contribution in [2.45, 2.75) is 44.7 Å². The van der Waals surface area contributed by atoms with E-state index < -0.39 is 6.17 Å². The fraction of sp³-hybridized carbons (Fsp3) is 0.727. The fourth-order valence-corrected chi connectivity index (χ4v) is 1.37. The molecule has 0 N–H and O–H groups in total. The first-order valence-electron chi connectivity index (χ1n) is 5.52. The number of nitrogens with zero attached hydrogens (tertiary/aromatic N) is 3. The number of rotatable bonds is 10. The monoisotopic (exact) mass is 237 g/mol. The van der Waals surface area contributed by atoms with E-state index in [9.17, 15) is 14.4 Å². The zero-order chi connectivity index (χ0) is 12.8. The van der Waals surface area contributed by atoms with Crippen molar-refractivity contribution in [1.82, 2.24) is 0 Å². The van der Waals surface area contributed by atoms with Crippen LogP contribution in [0.1, 0.15) is 38.5 Å². The minimum absolute atomic E-state index is 0.525. The van der Waals surface area contributed by atoms with E-state index in [4.69, 9.17) is 0 Å². The Morgan fingerprint density at radius 1 is 0.765 bits per heavy atom. The van der Waals surface area contributed by atoms with Crippen LogP contribution < -0.4 is 0 Å². The number of carbonyl (C=O) groups excluding carboxylic acids is 3. The summed E-state index contributed by atoms with van der Waals surface area (Å²) in [4.78, 5) is 40.0. The second-order valence-corrected chi connectivity index (χ2v) is 3.45. The molecule has 0 aliphatic rings. The lowest BCUT2D eigenvalue weighted by Gasteiger charge is -2.02. The molecule has 0 aromatic heterocycles. The lowest BCUT2D eigenvalue weighted by Crippen LogP contribution is -1.99. The first kappa shape index (κ1) is 15.1. The molecule has 17 heavy (non-hydrogen) atoms. The van der Waals surface area contributed by atoms with E-state index in [1.165, 1.54) is 18.2 Å². The number of isocyanates is 3. The second kappa shape index (κ2) is 12.2. The molecule has 0 heterocycles. The predicted molar refractivity (Wildman–Crippen MR) is 60.7 cm³/mol. The molecule has 0 fully saturated rings. The number of hydrogen-bond donors (Lipinski definition) is 0. The highest BCUT2D eigenvalue weighted by atomic mass is 16.1. The Morgan fingerprint density at radius 3 is 1.94 bits per heavy atom. The van der Waals surface area contributed by atoms with Crippen molar-refractivity contribution in [2.75, 3.05) is 6.54 Å². The van der Waals surface area contributed by atoms with Gasteiger partial charge in [0, 0.05) is 0 Å². The Bertz CT molecular complexity index is 320. The van der Waals surface area contributed by atoms with Crippen LogP contribution in [0, 0.1) is 0 Å². The highest BCUT2D eigenvalue weighted by Gasteiger charge is 2.03. The molecule has 0 spiro atoms. The van der Waals surface area contributed by atoms with E-state index in [2.05, 4.69) is 15.0 Å². The Balaban J connectivity index is 3.51. The summed E-state index contributed by atoms with van der Waals surface area (Å²) in [5.41, 5.74) is 0. The largest absolute Gasteiger partial charge is 0.237 e. The molecule has 0 aromatic carbocycles. The van der Waals surface area contributed by atoms with E-state index in [0.29, 0.717) is 13.0 Å². The average molecular weight is 237 g/mol. The molecule has 0 atom stereocenters. The van der Waals surface area contributed by atoms with Crippen molar-refractivity contribution < 1.29 is 14.4 Å². The zero-order valence-electron chi connectivity index (χ0n) is 9.59. The second-order valence-electron chi connectivity index (χ2n) is 3.45. The minimum atomic E-state index is -0.635. The van der Waals surface area contributed by atoms with E-state index in [0.717, 1.165) is 32.1 Å². The van der Waals surface area contributed by atoms with Gasteiger partial charge in [0.25, 0.3) is 0 Å². The average Bonchev–Trinajstić information content (AvgIpc) is 2.33. The molecule has 0 amide bonds. The van der Waals surface area contributed by atoms with Gasteiger partial charge in [-0.2, -0.15) is 9.98 Å². The van der Waals surface area contributed by atoms with Gasteiger partial charge in [0.1, 0.15) is 0 Å². The van der Waals surface area contributed by atoms with Crippen LogP contribution in [-0.4, -0.2) is 31.0 Å². The maximum Gasteiger partial charge on any atom is 0.237 e. The van der Waals surface area contributed by atoms with Gasteiger partial charge >= 0.3 is 0 Å². The summed E-state index contributed by atoms with van der Waals surface area (Å²) in [6.45, 7) is 0.525. The molecule has 0 saturated carbocycles. The Hall–Kier alpha value is -1.86. The minimum Gasteiger partial charge on any atom is -0.211 e. The van der Waals surface area contributed by atoms with Crippen molar-refractivity contribution in [3.8, 4) is 0 Å². The number of hydrogen-bond acceptors (Lipinski definition) is 6. The third-order valence-corrected chi connectivity index (χ3v) is 2.20. The maximum absolute atomic E-state index is 10.0. The van der Waals surface area contributed by atoms with Crippen molar-refractivity contribution in [2.24, 2.45) is 15.0 Å². The highest BCUT2D eigenvalue weighted by Crippen LogP contribution is 2.09. The lowest BCUT2D eigenvalue weighted by molar-refractivity contribution is 0.522. The molecule has 0 aliphatic heterocycles. The molecule has 6 nitrogen and oxygen atoms in total. The predicted octanol–water partition coefficient (Wildman–Crippen LogP) is 1.66. The Kier molecular flexibility index (Phi) is 10.9. The van der Waals surface area contributed by atoms with Gasteiger partial charge in [-0.3, -0.25) is 0 Å². The first-order valence-corrected chi connectivity index (χ1v) is 5.52. The van der Waals surface area contributed by atoms with E-state index in [1.54, 1.807) is 0 Å². The normalized spacial score (nSPS) is 10.6. The molecule has 0 aromatic rings. The van der Waals surface area contributed by atoms with Gasteiger partial charge in [-0.05, 0) is 19.3 Å². The van der Waals surface area contributed by atoms with Gasteiger partial charge in [-0.25, -0.2) is 19.4 Å². The fourth-order valence-electron chi connectivity index (χ4n) is 1.37. The molecule has 0 bridgehead atoms. The topological polar surface area (TPSA) is 88.3 Å². The van der Waals surface area contributed by atoms with E-state index in [1.807, 2.05) is 0 Å². The lowest BCUT2D eigenvalue weighted by atomic mass is 10.1. The molecular weight excluding hydrogens is 222 g/mol. The van der Waals surface area contributed by atoms with Crippen LogP contribution in [-0.2, 0) is 14.4 Å². The summed E-state index contributed by atoms with van der Waals surface area (Å²) in [6.07, 6.45) is 8.84. The Labute approximate surface area is 99.6 Å². The molecule has 0 saturated heterocycles. The van der Waals surface area contributed by atoms with Crippen LogP contribution in [0.5, 0.6) is 0 Å². The van der Waals surface area contributed by atoms with Crippen molar-refractivity contribution in [3.63, 3.8) is 0 Å². The van der Waals surface area contributed by atoms with Crippen molar-refractivity contribution >= 4 is 18.2 Å². The summed E-state index contributed by atoms with van der Waals surface area (Å²) in [7, 11) is 0. The summed E-state index contributed by atoms with van der Waals surface area (Å²) >= 11 is 0. The molecular formula is C11H15N3O3.